The van der Waals surface area contributed by atoms with Gasteiger partial charge >= 0.3 is 0 Å². The van der Waals surface area contributed by atoms with Gasteiger partial charge in [0.25, 0.3) is 0 Å². The van der Waals surface area contributed by atoms with E-state index >= 15 is 0 Å². The third-order valence-corrected chi connectivity index (χ3v) is 30.7. The Morgan fingerprint density at radius 1 is 0.375 bits per heavy atom. The lowest BCUT2D eigenvalue weighted by molar-refractivity contribution is 0.139. The van der Waals surface area contributed by atoms with Crippen molar-refractivity contribution in [3.05, 3.63) is 106 Å². The second kappa shape index (κ2) is 41.4. The van der Waals surface area contributed by atoms with Crippen LogP contribution in [0.4, 0.5) is 0 Å². The van der Waals surface area contributed by atoms with Crippen LogP contribution in [0.2, 0.25) is 0 Å². The number of nitrogens with zero attached hydrogens (tertiary/aromatic N) is 1. The van der Waals surface area contributed by atoms with Gasteiger partial charge in [-0.05, 0) is 138 Å². The molecule has 120 heavy (non-hydrogen) atoms. The molecule has 5 atom stereocenters. The third-order valence-electron chi connectivity index (χ3n) is 26.4. The Balaban J connectivity index is 1.16. The lowest BCUT2D eigenvalue weighted by Crippen LogP contribution is -2.40. The fourth-order valence-corrected chi connectivity index (χ4v) is 21.1. The number of para-hydroxylation sites is 1. The Kier molecular flexibility index (Phi) is 32.4. The van der Waals surface area contributed by atoms with E-state index in [1.165, 1.54) is 29.7 Å². The Labute approximate surface area is 737 Å². The zero-order chi connectivity index (χ0) is 86.5. The topological polar surface area (TPSA) is 97.2 Å². The number of unbranched alkanes of at least 4 members (excludes halogenated alkanes) is 5. The summed E-state index contributed by atoms with van der Waals surface area (Å²) < 4.78 is 75.4. The maximum Gasteiger partial charge on any atom is 0.182 e. The van der Waals surface area contributed by atoms with E-state index < -0.39 is 10.8 Å². The first kappa shape index (κ1) is 93.9. The highest BCUT2D eigenvalue weighted by Gasteiger charge is 2.48. The number of hydrogen-bond acceptors (Lipinski definition) is 13. The maximum absolute atomic E-state index is 8.02. The fraction of sp³-hybridized carbons (Fsp3) is 0.623. The Morgan fingerprint density at radius 2 is 0.792 bits per heavy atom. The zero-order valence-electron chi connectivity index (χ0n) is 78.6. The highest BCUT2D eigenvalue weighted by molar-refractivity contribution is 7.20. The average Bonchev–Trinajstić information content (AvgIpc) is 1.44. The summed E-state index contributed by atoms with van der Waals surface area (Å²) in [6, 6.07) is 32.1. The summed E-state index contributed by atoms with van der Waals surface area (Å²) in [6.45, 7) is 61.9. The van der Waals surface area contributed by atoms with Crippen LogP contribution >= 0.6 is 34.0 Å². The van der Waals surface area contributed by atoms with Crippen LogP contribution in [0.5, 0.6) is 57.5 Å². The van der Waals surface area contributed by atoms with E-state index in [4.69, 9.17) is 47.4 Å². The van der Waals surface area contributed by atoms with Gasteiger partial charge in [0, 0.05) is 61.4 Å². The van der Waals surface area contributed by atoms with Crippen LogP contribution in [0.1, 0.15) is 315 Å². The van der Waals surface area contributed by atoms with Gasteiger partial charge in [-0.3, -0.25) is 0 Å². The smallest absolute Gasteiger partial charge is 0.182 e. The van der Waals surface area contributed by atoms with Gasteiger partial charge in [0.2, 0.25) is 0 Å². The van der Waals surface area contributed by atoms with E-state index in [0.717, 1.165) is 248 Å². The summed E-state index contributed by atoms with van der Waals surface area (Å²) in [7, 11) is 0. The number of benzene rings is 4. The second-order valence-corrected chi connectivity index (χ2v) is 43.1. The van der Waals surface area contributed by atoms with Crippen molar-refractivity contribution in [2.45, 2.75) is 323 Å². The standard InChI is InChI=1S/C106H153NO10S3/c1-25-35-42-70(30-6)61-107-82(53-54-83(107)98-92-93(99(120-98)102(14,15)16)117-69-104(19,20)68-116-92)97-90-89(114-66-103(17,18)67-115-90)96(118-97)78-51-52-81(87(88(78)113-65-74(34-10)46-39-29-5)77-47-40-41-48-84(77)110-62-71(31-7)43-36-26-2)105(21,22)106(23,24)100-94-91(108-57-58-109-94)95(119-100)75-49-55-85(111-63-72(32-8)44-37-27-3)79(59-75)80-60-76(101(11,12)13)50-56-86(80)112-64-73(33-9)45-38-28-4/h40-41,47-56,59-60,70-74H,25-39,42-46,57-58,61-69H2,1-24H3. The molecule has 0 bridgehead atoms. The lowest BCUT2D eigenvalue weighted by atomic mass is 9.61. The molecule has 8 aromatic rings. The highest BCUT2D eigenvalue weighted by atomic mass is 32.1. The maximum atomic E-state index is 8.02. The van der Waals surface area contributed by atoms with Gasteiger partial charge in [0.05, 0.1) is 93.5 Å². The van der Waals surface area contributed by atoms with Gasteiger partial charge < -0.3 is 51.9 Å². The monoisotopic (exact) mass is 1700 g/mol. The number of ether oxygens (including phenoxy) is 10. The van der Waals surface area contributed by atoms with Crippen molar-refractivity contribution >= 4 is 34.0 Å². The summed E-state index contributed by atoms with van der Waals surface area (Å²) in [4.78, 5) is 6.48. The van der Waals surface area contributed by atoms with Crippen LogP contribution in [-0.2, 0) is 28.2 Å². The molecule has 3 aliphatic rings. The molecule has 5 unspecified atom stereocenters. The van der Waals surface area contributed by atoms with Gasteiger partial charge in [-0.15, -0.1) is 34.0 Å². The van der Waals surface area contributed by atoms with E-state index in [-0.39, 0.29) is 21.7 Å². The molecule has 0 fully saturated rings. The first-order valence-corrected chi connectivity index (χ1v) is 49.3. The van der Waals surface area contributed by atoms with E-state index in [0.29, 0.717) is 95.7 Å². The summed E-state index contributed by atoms with van der Waals surface area (Å²) in [5.41, 5.74) is 8.62. The van der Waals surface area contributed by atoms with Crippen LogP contribution in [0.3, 0.4) is 0 Å². The molecule has 11 nitrogen and oxygen atoms in total. The summed E-state index contributed by atoms with van der Waals surface area (Å²) in [6.07, 6.45) is 22.3. The van der Waals surface area contributed by atoms with Crippen molar-refractivity contribution in [2.75, 3.05) is 66.1 Å². The van der Waals surface area contributed by atoms with E-state index in [1.54, 1.807) is 22.7 Å². The first-order chi connectivity index (χ1) is 57.3. The van der Waals surface area contributed by atoms with Crippen molar-refractivity contribution in [2.24, 2.45) is 40.4 Å². The molecule has 0 saturated heterocycles. The van der Waals surface area contributed by atoms with E-state index in [2.05, 4.69) is 256 Å². The van der Waals surface area contributed by atoms with E-state index in [9.17, 15) is 0 Å². The van der Waals surface area contributed by atoms with Crippen molar-refractivity contribution in [3.8, 4) is 122 Å². The quantitative estimate of drug-likeness (QED) is 0.0368. The normalized spacial score (nSPS) is 16.0. The van der Waals surface area contributed by atoms with Gasteiger partial charge in [0.1, 0.15) is 36.2 Å². The van der Waals surface area contributed by atoms with Crippen molar-refractivity contribution in [1.29, 1.82) is 0 Å². The summed E-state index contributed by atoms with van der Waals surface area (Å²) >= 11 is 5.41. The highest BCUT2D eigenvalue weighted by Crippen LogP contribution is 2.64. The van der Waals surface area contributed by atoms with Crippen molar-refractivity contribution < 1.29 is 47.4 Å². The largest absolute Gasteiger partial charge is 0.493 e. The Bertz CT molecular complexity index is 4620. The van der Waals surface area contributed by atoms with Crippen LogP contribution < -0.4 is 47.4 Å². The molecule has 14 heteroatoms. The van der Waals surface area contributed by atoms with Gasteiger partial charge in [-0.2, -0.15) is 0 Å². The molecule has 0 N–H and O–H groups in total. The van der Waals surface area contributed by atoms with Crippen LogP contribution in [0.25, 0.3) is 64.3 Å². The molecule has 0 radical (unpaired) electrons. The predicted molar refractivity (Wildman–Crippen MR) is 510 cm³/mol. The number of thiophene rings is 3. The number of aromatic nitrogens is 1. The van der Waals surface area contributed by atoms with Crippen LogP contribution in [-0.4, -0.2) is 70.6 Å². The molecular formula is C106H153NO10S3. The molecule has 4 aromatic heterocycles. The van der Waals surface area contributed by atoms with Crippen molar-refractivity contribution in [1.82, 2.24) is 4.57 Å². The van der Waals surface area contributed by atoms with E-state index in [1.807, 2.05) is 11.3 Å². The van der Waals surface area contributed by atoms with Crippen LogP contribution in [0, 0.1) is 40.4 Å². The summed E-state index contributed by atoms with van der Waals surface area (Å²) in [5, 5.41) is 0. The van der Waals surface area contributed by atoms with Gasteiger partial charge in [-0.25, -0.2) is 0 Å². The minimum atomic E-state index is -0.671. The third kappa shape index (κ3) is 21.6. The summed E-state index contributed by atoms with van der Waals surface area (Å²) in [5.74, 6) is 10.3. The van der Waals surface area contributed by atoms with Crippen molar-refractivity contribution in [3.63, 3.8) is 0 Å². The minimum Gasteiger partial charge on any atom is -0.493 e. The molecule has 0 spiro atoms. The number of rotatable bonds is 43. The average molecular weight is 1700 g/mol. The molecule has 0 saturated carbocycles. The second-order valence-electron chi connectivity index (χ2n) is 40.0. The molecular weight excluding hydrogens is 1540 g/mol. The molecule has 7 heterocycles. The Morgan fingerprint density at radius 3 is 1.29 bits per heavy atom. The lowest BCUT2D eigenvalue weighted by Gasteiger charge is -2.44. The molecule has 0 aliphatic carbocycles. The number of hydrogen-bond donors (Lipinski definition) is 0. The fourth-order valence-electron chi connectivity index (χ4n) is 17.2. The Hall–Kier alpha value is -6.74. The molecule has 0 amide bonds. The molecule has 3 aliphatic heterocycles. The van der Waals surface area contributed by atoms with Gasteiger partial charge in [-0.1, -0.05) is 293 Å². The molecule has 660 valence electrons. The zero-order valence-corrected chi connectivity index (χ0v) is 81.1. The SMILES string of the molecule is CCCCC(CC)COc1ccc(-c2sc(C(C)(C)C(C)(C)c3ccc(-c4sc(-c5ccc(-c6sc(C(C)(C)C)c7c6OCC(C)(C)CO7)n5CC(CC)CCCC)c5c4OCC(C)(C)CO5)c(OCC(CC)CCCC)c3-c3ccccc3OCC(CC)CCCC)c3c2OCCO3)cc1-c1cc(C(C)(C)C)ccc1OCC(CC)CCCC. The number of fused-ring (bicyclic) bond motifs is 3. The first-order valence-electron chi connectivity index (χ1n) is 46.9. The van der Waals surface area contributed by atoms with Gasteiger partial charge in [0.15, 0.2) is 34.5 Å². The molecule has 4 aromatic carbocycles. The predicted octanol–water partition coefficient (Wildman–Crippen LogP) is 31.5. The molecule has 11 rings (SSSR count). The van der Waals surface area contributed by atoms with Crippen LogP contribution in [0.15, 0.2) is 84.9 Å². The minimum absolute atomic E-state index is 0.122.